The van der Waals surface area contributed by atoms with E-state index in [4.69, 9.17) is 5.26 Å². The van der Waals surface area contributed by atoms with E-state index >= 15 is 0 Å². The van der Waals surface area contributed by atoms with Gasteiger partial charge in [0.25, 0.3) is 5.91 Å². The first kappa shape index (κ1) is 14.0. The topological polar surface area (TPSA) is 78.7 Å². The molecule has 0 aromatic carbocycles. The van der Waals surface area contributed by atoms with E-state index < -0.39 is 0 Å². The van der Waals surface area contributed by atoms with E-state index in [2.05, 4.69) is 37.3 Å². The Bertz CT molecular complexity index is 740. The lowest BCUT2D eigenvalue weighted by molar-refractivity contribution is 0.0928. The Morgan fingerprint density at radius 1 is 1.38 bits per heavy atom. The second-order valence-electron chi connectivity index (χ2n) is 5.14. The summed E-state index contributed by atoms with van der Waals surface area (Å²) in [6.45, 7) is 0. The molecule has 1 N–H and O–H groups in total. The zero-order valence-electron chi connectivity index (χ0n) is 11.2. The Labute approximate surface area is 130 Å². The van der Waals surface area contributed by atoms with Gasteiger partial charge in [0.05, 0.1) is 22.0 Å². The zero-order chi connectivity index (χ0) is 14.8. The van der Waals surface area contributed by atoms with Crippen LogP contribution in [0.5, 0.6) is 0 Å². The minimum Gasteiger partial charge on any atom is -0.347 e. The maximum Gasteiger partial charge on any atom is 0.270 e. The maximum atomic E-state index is 12.3. The van der Waals surface area contributed by atoms with Crippen LogP contribution in [0.4, 0.5) is 0 Å². The standard InChI is InChI=1S/C15H13BrN4O/c16-11-8-18-7-10-4-5-13(19-14(10)11)15(21)20-12-3-1-2-9(12)6-17/h4-5,7-9,12H,1-3H2,(H,20,21). The van der Waals surface area contributed by atoms with Crippen molar-refractivity contribution in [3.8, 4) is 6.07 Å². The van der Waals surface area contributed by atoms with Crippen LogP contribution in [0.15, 0.2) is 29.0 Å². The fourth-order valence-corrected chi connectivity index (χ4v) is 3.10. The Morgan fingerprint density at radius 2 is 2.24 bits per heavy atom. The average Bonchev–Trinajstić information content (AvgIpc) is 2.94. The molecule has 0 spiro atoms. The van der Waals surface area contributed by atoms with Gasteiger partial charge in [0.2, 0.25) is 0 Å². The van der Waals surface area contributed by atoms with Crippen LogP contribution in [-0.4, -0.2) is 21.9 Å². The SMILES string of the molecule is N#CC1CCCC1NC(=O)c1ccc2cncc(Br)c2n1. The first-order chi connectivity index (χ1) is 10.2. The number of nitrogens with zero attached hydrogens (tertiary/aromatic N) is 3. The summed E-state index contributed by atoms with van der Waals surface area (Å²) in [6.07, 6.45) is 6.04. The van der Waals surface area contributed by atoms with Gasteiger partial charge in [0.15, 0.2) is 0 Å². The molecule has 21 heavy (non-hydrogen) atoms. The number of hydrogen-bond acceptors (Lipinski definition) is 4. The molecular weight excluding hydrogens is 332 g/mol. The molecule has 1 aliphatic rings. The van der Waals surface area contributed by atoms with Crippen molar-refractivity contribution in [2.45, 2.75) is 25.3 Å². The number of aromatic nitrogens is 2. The van der Waals surface area contributed by atoms with E-state index in [9.17, 15) is 4.79 Å². The highest BCUT2D eigenvalue weighted by atomic mass is 79.9. The normalized spacial score (nSPS) is 21.1. The van der Waals surface area contributed by atoms with Gasteiger partial charge in [-0.15, -0.1) is 0 Å². The summed E-state index contributed by atoms with van der Waals surface area (Å²) in [4.78, 5) is 20.8. The fraction of sp³-hybridized carbons (Fsp3) is 0.333. The molecule has 2 aromatic heterocycles. The first-order valence-corrected chi connectivity index (χ1v) is 7.59. The number of rotatable bonds is 2. The van der Waals surface area contributed by atoms with Gasteiger partial charge in [0, 0.05) is 23.8 Å². The molecule has 2 atom stereocenters. The van der Waals surface area contributed by atoms with Crippen molar-refractivity contribution in [2.75, 3.05) is 0 Å². The molecule has 1 aliphatic carbocycles. The second kappa shape index (κ2) is 5.78. The second-order valence-corrected chi connectivity index (χ2v) is 5.99. The van der Waals surface area contributed by atoms with Gasteiger partial charge in [-0.05, 0) is 47.3 Å². The molecule has 0 radical (unpaired) electrons. The van der Waals surface area contributed by atoms with Crippen molar-refractivity contribution < 1.29 is 4.79 Å². The van der Waals surface area contributed by atoms with Crippen LogP contribution in [0, 0.1) is 17.2 Å². The number of halogens is 1. The van der Waals surface area contributed by atoms with E-state index in [0.717, 1.165) is 29.1 Å². The number of carbonyl (C=O) groups excluding carboxylic acids is 1. The fourth-order valence-electron chi connectivity index (χ4n) is 2.67. The minimum absolute atomic E-state index is 0.0686. The van der Waals surface area contributed by atoms with Gasteiger partial charge in [-0.1, -0.05) is 0 Å². The zero-order valence-corrected chi connectivity index (χ0v) is 12.8. The van der Waals surface area contributed by atoms with E-state index in [0.29, 0.717) is 11.2 Å². The number of hydrogen-bond donors (Lipinski definition) is 1. The highest BCUT2D eigenvalue weighted by Crippen LogP contribution is 2.25. The summed E-state index contributed by atoms with van der Waals surface area (Å²) in [7, 11) is 0. The Balaban J connectivity index is 1.85. The Morgan fingerprint density at radius 3 is 3.05 bits per heavy atom. The molecule has 6 heteroatoms. The van der Waals surface area contributed by atoms with Gasteiger partial charge < -0.3 is 5.32 Å². The molecule has 106 valence electrons. The molecule has 1 amide bonds. The lowest BCUT2D eigenvalue weighted by atomic mass is 10.1. The Kier molecular flexibility index (Phi) is 3.84. The monoisotopic (exact) mass is 344 g/mol. The summed E-state index contributed by atoms with van der Waals surface area (Å²) in [5, 5.41) is 12.9. The molecule has 2 aromatic rings. The smallest absolute Gasteiger partial charge is 0.270 e. The summed E-state index contributed by atoms with van der Waals surface area (Å²) < 4.78 is 0.755. The van der Waals surface area contributed by atoms with Crippen LogP contribution in [0.1, 0.15) is 29.8 Å². The van der Waals surface area contributed by atoms with Crippen LogP contribution < -0.4 is 5.32 Å². The predicted molar refractivity (Wildman–Crippen MR) is 81.4 cm³/mol. The number of nitrogens with one attached hydrogen (secondary N) is 1. The molecule has 0 saturated heterocycles. The molecule has 5 nitrogen and oxygen atoms in total. The lowest BCUT2D eigenvalue weighted by Gasteiger charge is -2.15. The molecule has 0 aliphatic heterocycles. The van der Waals surface area contributed by atoms with Crippen molar-refractivity contribution in [3.63, 3.8) is 0 Å². The van der Waals surface area contributed by atoms with Crippen LogP contribution >= 0.6 is 15.9 Å². The van der Waals surface area contributed by atoms with E-state index in [-0.39, 0.29) is 17.9 Å². The molecule has 1 fully saturated rings. The minimum atomic E-state index is -0.229. The van der Waals surface area contributed by atoms with Crippen LogP contribution in [0.2, 0.25) is 0 Å². The highest BCUT2D eigenvalue weighted by molar-refractivity contribution is 9.10. The average molecular weight is 345 g/mol. The van der Waals surface area contributed by atoms with Gasteiger partial charge >= 0.3 is 0 Å². The number of amides is 1. The molecule has 3 rings (SSSR count). The predicted octanol–water partition coefficient (Wildman–Crippen LogP) is 2.81. The molecular formula is C15H13BrN4O. The first-order valence-electron chi connectivity index (χ1n) is 6.80. The molecule has 2 heterocycles. The molecule has 1 saturated carbocycles. The summed E-state index contributed by atoms with van der Waals surface area (Å²) in [6, 6.07) is 5.70. The van der Waals surface area contributed by atoms with Gasteiger partial charge in [0.1, 0.15) is 5.69 Å². The van der Waals surface area contributed by atoms with E-state index in [1.807, 2.05) is 6.07 Å². The number of fused-ring (bicyclic) bond motifs is 1. The lowest BCUT2D eigenvalue weighted by Crippen LogP contribution is -2.37. The Hall–Kier alpha value is -2.00. The van der Waals surface area contributed by atoms with Crippen LogP contribution in [0.25, 0.3) is 10.9 Å². The highest BCUT2D eigenvalue weighted by Gasteiger charge is 2.28. The maximum absolute atomic E-state index is 12.3. The van der Waals surface area contributed by atoms with E-state index in [1.54, 1.807) is 18.5 Å². The third-order valence-corrected chi connectivity index (χ3v) is 4.37. The van der Waals surface area contributed by atoms with Gasteiger partial charge in [-0.2, -0.15) is 5.26 Å². The van der Waals surface area contributed by atoms with Gasteiger partial charge in [-0.3, -0.25) is 9.78 Å². The number of carbonyl (C=O) groups is 1. The molecule has 2 unspecified atom stereocenters. The molecule has 0 bridgehead atoms. The summed E-state index contributed by atoms with van der Waals surface area (Å²) in [5.74, 6) is -0.321. The van der Waals surface area contributed by atoms with Crippen molar-refractivity contribution in [3.05, 3.63) is 34.7 Å². The number of pyridine rings is 2. The summed E-state index contributed by atoms with van der Waals surface area (Å²) in [5.41, 5.74) is 1.07. The van der Waals surface area contributed by atoms with E-state index in [1.165, 1.54) is 0 Å². The van der Waals surface area contributed by atoms with Crippen molar-refractivity contribution in [1.29, 1.82) is 5.26 Å². The van der Waals surface area contributed by atoms with Gasteiger partial charge in [-0.25, -0.2) is 4.98 Å². The van der Waals surface area contributed by atoms with Crippen molar-refractivity contribution in [2.24, 2.45) is 5.92 Å². The van der Waals surface area contributed by atoms with Crippen molar-refractivity contribution in [1.82, 2.24) is 15.3 Å². The quantitative estimate of drug-likeness (QED) is 0.908. The summed E-state index contributed by atoms with van der Waals surface area (Å²) >= 11 is 3.39. The third kappa shape index (κ3) is 2.74. The largest absolute Gasteiger partial charge is 0.347 e. The third-order valence-electron chi connectivity index (χ3n) is 3.79. The van der Waals surface area contributed by atoms with Crippen molar-refractivity contribution >= 4 is 32.7 Å². The van der Waals surface area contributed by atoms with Crippen LogP contribution in [0.3, 0.4) is 0 Å². The number of nitriles is 1. The van der Waals surface area contributed by atoms with Crippen LogP contribution in [-0.2, 0) is 0 Å².